The highest BCUT2D eigenvalue weighted by Crippen LogP contribution is 2.40. The van der Waals surface area contributed by atoms with Crippen molar-refractivity contribution in [2.75, 3.05) is 27.9 Å². The molecule has 0 bridgehead atoms. The number of pyridine rings is 1. The molecule has 1 atom stereocenters. The third-order valence-electron chi connectivity index (χ3n) is 4.80. The molecule has 0 radical (unpaired) electrons. The number of amides is 1. The minimum atomic E-state index is -0.470. The van der Waals surface area contributed by atoms with Crippen molar-refractivity contribution in [1.82, 2.24) is 9.88 Å². The molecule has 1 aromatic carbocycles. The van der Waals surface area contributed by atoms with Crippen LogP contribution in [0.1, 0.15) is 33.9 Å². The van der Waals surface area contributed by atoms with Crippen molar-refractivity contribution in [3.63, 3.8) is 0 Å². The number of methoxy groups -OCH3 is 3. The summed E-state index contributed by atoms with van der Waals surface area (Å²) in [7, 11) is 4.47. The van der Waals surface area contributed by atoms with Crippen LogP contribution in [0.15, 0.2) is 35.1 Å². The van der Waals surface area contributed by atoms with Crippen molar-refractivity contribution in [3.8, 4) is 11.5 Å². The molecule has 148 valence electrons. The van der Waals surface area contributed by atoms with Gasteiger partial charge in [-0.2, -0.15) is 0 Å². The zero-order valence-corrected chi connectivity index (χ0v) is 17.5. The normalized spacial score (nSPS) is 15.6. The molecule has 7 nitrogen and oxygen atoms in total. The fourth-order valence-electron chi connectivity index (χ4n) is 3.43. The Morgan fingerprint density at radius 2 is 1.86 bits per heavy atom. The molecule has 1 aromatic heterocycles. The number of hydrogen-bond acceptors (Lipinski definition) is 6. The van der Waals surface area contributed by atoms with E-state index < -0.39 is 12.0 Å². The SMILES string of the molecule is COC(=O)CC1c2cc(OC)c(OC)cc2CCN1C(=O)c1cncc(Br)c1. The predicted octanol–water partition coefficient (Wildman–Crippen LogP) is 3.16. The van der Waals surface area contributed by atoms with Crippen molar-refractivity contribution >= 4 is 27.8 Å². The number of nitrogens with zero attached hydrogens (tertiary/aromatic N) is 2. The molecule has 0 N–H and O–H groups in total. The predicted molar refractivity (Wildman–Crippen MR) is 106 cm³/mol. The van der Waals surface area contributed by atoms with Crippen LogP contribution in [0.4, 0.5) is 0 Å². The molecule has 3 rings (SSSR count). The molecule has 0 fully saturated rings. The number of rotatable bonds is 5. The van der Waals surface area contributed by atoms with Gasteiger partial charge in [0.25, 0.3) is 5.91 Å². The lowest BCUT2D eigenvalue weighted by Crippen LogP contribution is -2.41. The van der Waals surface area contributed by atoms with Crippen LogP contribution in [0, 0.1) is 0 Å². The highest BCUT2D eigenvalue weighted by molar-refractivity contribution is 9.10. The summed E-state index contributed by atoms with van der Waals surface area (Å²) in [5.41, 5.74) is 2.32. The number of hydrogen-bond donors (Lipinski definition) is 0. The highest BCUT2D eigenvalue weighted by Gasteiger charge is 2.34. The van der Waals surface area contributed by atoms with Crippen molar-refractivity contribution in [2.45, 2.75) is 18.9 Å². The van der Waals surface area contributed by atoms with E-state index in [1.807, 2.05) is 12.1 Å². The maximum Gasteiger partial charge on any atom is 0.307 e. The Kier molecular flexibility index (Phi) is 6.18. The number of fused-ring (bicyclic) bond motifs is 1. The van der Waals surface area contributed by atoms with Crippen LogP contribution in [0.5, 0.6) is 11.5 Å². The van der Waals surface area contributed by atoms with E-state index in [0.29, 0.717) is 34.5 Å². The van der Waals surface area contributed by atoms with Crippen molar-refractivity contribution in [3.05, 3.63) is 51.8 Å². The Hall–Kier alpha value is -2.61. The van der Waals surface area contributed by atoms with E-state index in [1.54, 1.807) is 31.4 Å². The maximum absolute atomic E-state index is 13.2. The average molecular weight is 449 g/mol. The number of carbonyl (C=O) groups excluding carboxylic acids is 2. The second kappa shape index (κ2) is 8.60. The standard InChI is InChI=1S/C20H21BrN2O5/c1-26-17-7-12-4-5-23(20(25)13-6-14(21)11-22-10-13)16(9-19(24)28-3)15(12)8-18(17)27-2/h6-8,10-11,16H,4-5,9H2,1-3H3. The van der Waals surface area contributed by atoms with Crippen LogP contribution in [-0.4, -0.2) is 49.6 Å². The first-order valence-electron chi connectivity index (χ1n) is 8.71. The van der Waals surface area contributed by atoms with Gasteiger partial charge in [0.05, 0.1) is 39.4 Å². The van der Waals surface area contributed by atoms with Crippen LogP contribution >= 0.6 is 15.9 Å². The van der Waals surface area contributed by atoms with Gasteiger partial charge in [-0.25, -0.2) is 0 Å². The van der Waals surface area contributed by atoms with Crippen LogP contribution in [0.25, 0.3) is 0 Å². The monoisotopic (exact) mass is 448 g/mol. The molecule has 1 unspecified atom stereocenters. The Labute approximate surface area is 171 Å². The van der Waals surface area contributed by atoms with E-state index in [2.05, 4.69) is 20.9 Å². The number of esters is 1. The summed E-state index contributed by atoms with van der Waals surface area (Å²) in [5.74, 6) is 0.588. The topological polar surface area (TPSA) is 78.0 Å². The fraction of sp³-hybridized carbons (Fsp3) is 0.350. The van der Waals surface area contributed by atoms with Gasteiger partial charge in [-0.1, -0.05) is 0 Å². The molecular weight excluding hydrogens is 428 g/mol. The first-order valence-corrected chi connectivity index (χ1v) is 9.51. The minimum absolute atomic E-state index is 0.0478. The van der Waals surface area contributed by atoms with Crippen molar-refractivity contribution in [1.29, 1.82) is 0 Å². The molecule has 28 heavy (non-hydrogen) atoms. The van der Waals surface area contributed by atoms with E-state index in [1.165, 1.54) is 13.3 Å². The summed E-state index contributed by atoms with van der Waals surface area (Å²) in [6.45, 7) is 0.468. The highest BCUT2D eigenvalue weighted by atomic mass is 79.9. The summed E-state index contributed by atoms with van der Waals surface area (Å²) in [5, 5.41) is 0. The van der Waals surface area contributed by atoms with Gasteiger partial charge in [0.1, 0.15) is 0 Å². The molecule has 1 aliphatic heterocycles. The summed E-state index contributed by atoms with van der Waals surface area (Å²) in [4.78, 5) is 31.0. The second-order valence-corrected chi connectivity index (χ2v) is 7.26. The van der Waals surface area contributed by atoms with Crippen LogP contribution in [0.3, 0.4) is 0 Å². The molecular formula is C20H21BrN2O5. The first kappa shape index (κ1) is 20.1. The molecule has 0 saturated heterocycles. The second-order valence-electron chi connectivity index (χ2n) is 6.34. The van der Waals surface area contributed by atoms with Crippen molar-refractivity contribution < 1.29 is 23.8 Å². The molecule has 0 saturated carbocycles. The lowest BCUT2D eigenvalue weighted by Gasteiger charge is -2.37. The average Bonchev–Trinajstić information content (AvgIpc) is 2.72. The van der Waals surface area contributed by atoms with Gasteiger partial charge in [-0.3, -0.25) is 14.6 Å². The molecule has 2 heterocycles. The summed E-state index contributed by atoms with van der Waals surface area (Å²) >= 11 is 3.34. The molecule has 1 amide bonds. The molecule has 1 aliphatic rings. The quantitative estimate of drug-likeness (QED) is 0.653. The van der Waals surface area contributed by atoms with Gasteiger partial charge in [-0.05, 0) is 51.7 Å². The number of aromatic nitrogens is 1. The smallest absolute Gasteiger partial charge is 0.307 e. The fourth-order valence-corrected chi connectivity index (χ4v) is 3.79. The number of ether oxygens (including phenoxy) is 3. The van der Waals surface area contributed by atoms with E-state index in [4.69, 9.17) is 14.2 Å². The Morgan fingerprint density at radius 3 is 2.50 bits per heavy atom. The van der Waals surface area contributed by atoms with Gasteiger partial charge in [0, 0.05) is 23.4 Å². The maximum atomic E-state index is 13.2. The van der Waals surface area contributed by atoms with Gasteiger partial charge in [0.15, 0.2) is 11.5 Å². The number of benzene rings is 1. The van der Waals surface area contributed by atoms with E-state index >= 15 is 0 Å². The van der Waals surface area contributed by atoms with Crippen molar-refractivity contribution in [2.24, 2.45) is 0 Å². The Morgan fingerprint density at radius 1 is 1.14 bits per heavy atom. The zero-order chi connectivity index (χ0) is 20.3. The number of carbonyl (C=O) groups is 2. The van der Waals surface area contributed by atoms with Gasteiger partial charge < -0.3 is 19.1 Å². The largest absolute Gasteiger partial charge is 0.493 e. The van der Waals surface area contributed by atoms with E-state index in [0.717, 1.165) is 11.1 Å². The Bertz CT molecular complexity index is 902. The lowest BCUT2D eigenvalue weighted by atomic mass is 9.89. The van der Waals surface area contributed by atoms with E-state index in [9.17, 15) is 9.59 Å². The van der Waals surface area contributed by atoms with Crippen LogP contribution in [-0.2, 0) is 16.0 Å². The van der Waals surface area contributed by atoms with Gasteiger partial charge >= 0.3 is 5.97 Å². The third kappa shape index (κ3) is 3.96. The summed E-state index contributed by atoms with van der Waals surface area (Å²) < 4.78 is 16.4. The first-order chi connectivity index (χ1) is 13.5. The van der Waals surface area contributed by atoms with Gasteiger partial charge in [0.2, 0.25) is 0 Å². The molecule has 0 spiro atoms. The number of halogens is 1. The van der Waals surface area contributed by atoms with E-state index in [-0.39, 0.29) is 12.3 Å². The van der Waals surface area contributed by atoms with Crippen LogP contribution in [0.2, 0.25) is 0 Å². The summed E-state index contributed by atoms with van der Waals surface area (Å²) in [6, 6.07) is 4.98. The minimum Gasteiger partial charge on any atom is -0.493 e. The molecule has 8 heteroatoms. The van der Waals surface area contributed by atoms with Crippen LogP contribution < -0.4 is 9.47 Å². The third-order valence-corrected chi connectivity index (χ3v) is 5.24. The molecule has 2 aromatic rings. The summed E-state index contributed by atoms with van der Waals surface area (Å²) in [6.07, 6.45) is 3.82. The zero-order valence-electron chi connectivity index (χ0n) is 15.9. The van der Waals surface area contributed by atoms with Gasteiger partial charge in [-0.15, -0.1) is 0 Å². The Balaban J connectivity index is 2.04. The molecule has 0 aliphatic carbocycles. The lowest BCUT2D eigenvalue weighted by molar-refractivity contribution is -0.141.